The Labute approximate surface area is 194 Å². The van der Waals surface area contributed by atoms with Gasteiger partial charge >= 0.3 is 0 Å². The molecule has 1 atom stereocenters. The summed E-state index contributed by atoms with van der Waals surface area (Å²) < 4.78 is 16.5. The summed E-state index contributed by atoms with van der Waals surface area (Å²) in [7, 11) is 3.41. The van der Waals surface area contributed by atoms with E-state index in [1.54, 1.807) is 49.0 Å². The first kappa shape index (κ1) is 22.0. The molecule has 1 heterocycles. The number of carbonyl (C=O) groups excluding carboxylic acids is 1. The zero-order valence-corrected chi connectivity index (χ0v) is 19.0. The average Bonchev–Trinajstić information content (AvgIpc) is 3.21. The van der Waals surface area contributed by atoms with Gasteiger partial charge in [-0.3, -0.25) is 9.36 Å². The van der Waals surface area contributed by atoms with E-state index in [4.69, 9.17) is 11.6 Å². The van der Waals surface area contributed by atoms with Crippen molar-refractivity contribution in [2.24, 2.45) is 0 Å². The maximum absolute atomic E-state index is 14.9. The van der Waals surface area contributed by atoms with Gasteiger partial charge in [0.05, 0.1) is 10.7 Å². The van der Waals surface area contributed by atoms with E-state index in [0.29, 0.717) is 21.6 Å². The second-order valence-electron chi connectivity index (χ2n) is 7.21. The number of hydrogen-bond acceptors (Lipinski definition) is 4. The van der Waals surface area contributed by atoms with Gasteiger partial charge in [0.25, 0.3) is 0 Å². The highest BCUT2D eigenvalue weighted by atomic mass is 35.5. The SMILES string of the molecule is CN(C)C(=O)C(Sc1nnc(-c2ccccc2Cl)n1-c1ccccc1F)c1ccccc1. The number of rotatable bonds is 6. The number of thioether (sulfide) groups is 1. The number of benzene rings is 3. The van der Waals surface area contributed by atoms with Crippen LogP contribution >= 0.6 is 23.4 Å². The molecule has 162 valence electrons. The number of carbonyl (C=O) groups is 1. The highest BCUT2D eigenvalue weighted by molar-refractivity contribution is 8.00. The van der Waals surface area contributed by atoms with Crippen LogP contribution in [0.25, 0.3) is 17.1 Å². The van der Waals surface area contributed by atoms with Crippen molar-refractivity contribution in [1.29, 1.82) is 0 Å². The largest absolute Gasteiger partial charge is 0.348 e. The number of likely N-dealkylation sites (N-methyl/N-ethyl adjacent to an activating group) is 1. The van der Waals surface area contributed by atoms with Gasteiger partial charge in [-0.05, 0) is 29.8 Å². The molecule has 1 unspecified atom stereocenters. The van der Waals surface area contributed by atoms with Crippen molar-refractivity contribution < 1.29 is 9.18 Å². The molecule has 0 saturated heterocycles. The van der Waals surface area contributed by atoms with Crippen molar-refractivity contribution >= 4 is 29.3 Å². The van der Waals surface area contributed by atoms with Crippen LogP contribution in [0, 0.1) is 5.82 Å². The summed E-state index contributed by atoms with van der Waals surface area (Å²) in [4.78, 5) is 14.6. The zero-order valence-electron chi connectivity index (χ0n) is 17.4. The van der Waals surface area contributed by atoms with E-state index in [1.807, 2.05) is 42.5 Å². The van der Waals surface area contributed by atoms with Crippen molar-refractivity contribution in [2.45, 2.75) is 10.4 Å². The maximum atomic E-state index is 14.9. The van der Waals surface area contributed by atoms with Crippen LogP contribution in [0.15, 0.2) is 84.0 Å². The minimum absolute atomic E-state index is 0.108. The third kappa shape index (κ3) is 4.40. The Hall–Kier alpha value is -3.16. The lowest BCUT2D eigenvalue weighted by atomic mass is 10.1. The number of halogens is 2. The van der Waals surface area contributed by atoms with Gasteiger partial charge in [0, 0.05) is 19.7 Å². The van der Waals surface area contributed by atoms with E-state index in [9.17, 15) is 9.18 Å². The molecule has 0 radical (unpaired) electrons. The Morgan fingerprint density at radius 2 is 1.62 bits per heavy atom. The smallest absolute Gasteiger partial charge is 0.240 e. The number of hydrogen-bond donors (Lipinski definition) is 0. The van der Waals surface area contributed by atoms with Crippen LogP contribution in [-0.4, -0.2) is 39.7 Å². The van der Waals surface area contributed by atoms with Crippen molar-refractivity contribution in [1.82, 2.24) is 19.7 Å². The second kappa shape index (κ2) is 9.54. The van der Waals surface area contributed by atoms with Gasteiger partial charge in [-0.1, -0.05) is 78.0 Å². The summed E-state index contributed by atoms with van der Waals surface area (Å²) >= 11 is 7.64. The molecule has 0 fully saturated rings. The Bertz CT molecular complexity index is 1250. The van der Waals surface area contributed by atoms with Crippen molar-refractivity contribution in [3.05, 3.63) is 95.3 Å². The molecule has 4 aromatic rings. The lowest BCUT2D eigenvalue weighted by Crippen LogP contribution is -2.27. The highest BCUT2D eigenvalue weighted by Crippen LogP contribution is 2.39. The summed E-state index contributed by atoms with van der Waals surface area (Å²) in [6.07, 6.45) is 0. The van der Waals surface area contributed by atoms with Crippen LogP contribution in [0.2, 0.25) is 5.02 Å². The molecule has 5 nitrogen and oxygen atoms in total. The minimum Gasteiger partial charge on any atom is -0.348 e. The molecular formula is C24H20ClFN4OS. The van der Waals surface area contributed by atoms with Crippen molar-refractivity contribution in [3.8, 4) is 17.1 Å². The van der Waals surface area contributed by atoms with Gasteiger partial charge < -0.3 is 4.90 Å². The number of aromatic nitrogens is 3. The fourth-order valence-electron chi connectivity index (χ4n) is 3.24. The van der Waals surface area contributed by atoms with Gasteiger partial charge in [0.15, 0.2) is 11.0 Å². The first-order chi connectivity index (χ1) is 15.5. The molecular weight excluding hydrogens is 447 g/mol. The summed E-state index contributed by atoms with van der Waals surface area (Å²) in [6, 6.07) is 23.0. The fraction of sp³-hybridized carbons (Fsp3) is 0.125. The van der Waals surface area contributed by atoms with E-state index >= 15 is 0 Å². The van der Waals surface area contributed by atoms with E-state index < -0.39 is 11.1 Å². The molecule has 0 aliphatic carbocycles. The molecule has 0 aliphatic heterocycles. The van der Waals surface area contributed by atoms with E-state index in [1.165, 1.54) is 22.7 Å². The molecule has 0 N–H and O–H groups in total. The summed E-state index contributed by atoms with van der Waals surface area (Å²) in [5.74, 6) is -0.145. The van der Waals surface area contributed by atoms with Gasteiger partial charge in [-0.25, -0.2) is 4.39 Å². The molecule has 3 aromatic carbocycles. The van der Waals surface area contributed by atoms with Gasteiger partial charge in [-0.2, -0.15) is 0 Å². The predicted octanol–water partition coefficient (Wildman–Crippen LogP) is 5.65. The molecule has 8 heteroatoms. The van der Waals surface area contributed by atoms with Gasteiger partial charge in [-0.15, -0.1) is 10.2 Å². The first-order valence-electron chi connectivity index (χ1n) is 9.85. The normalized spacial score (nSPS) is 11.9. The summed E-state index contributed by atoms with van der Waals surface area (Å²) in [6.45, 7) is 0. The van der Waals surface area contributed by atoms with E-state index in [-0.39, 0.29) is 11.6 Å². The number of nitrogens with zero attached hydrogens (tertiary/aromatic N) is 4. The molecule has 0 aliphatic rings. The third-order valence-electron chi connectivity index (χ3n) is 4.83. The van der Waals surface area contributed by atoms with Crippen LogP contribution in [0.4, 0.5) is 4.39 Å². The van der Waals surface area contributed by atoms with Crippen molar-refractivity contribution in [2.75, 3.05) is 14.1 Å². The van der Waals surface area contributed by atoms with Gasteiger partial charge in [0.1, 0.15) is 11.1 Å². The standard InChI is InChI=1S/C24H20ClFN4OS/c1-29(2)23(31)21(16-10-4-3-5-11-16)32-24-28-27-22(17-12-6-7-13-18(17)25)30(24)20-15-9-8-14-19(20)26/h3-15,21H,1-2H3. The second-order valence-corrected chi connectivity index (χ2v) is 8.69. The quantitative estimate of drug-likeness (QED) is 0.345. The Morgan fingerprint density at radius 3 is 2.31 bits per heavy atom. The Morgan fingerprint density at radius 1 is 0.969 bits per heavy atom. The van der Waals surface area contributed by atoms with Gasteiger partial charge in [0.2, 0.25) is 5.91 Å². The van der Waals surface area contributed by atoms with E-state index in [2.05, 4.69) is 10.2 Å². The lowest BCUT2D eigenvalue weighted by molar-refractivity contribution is -0.128. The topological polar surface area (TPSA) is 51.0 Å². The van der Waals surface area contributed by atoms with Crippen LogP contribution in [0.5, 0.6) is 0 Å². The molecule has 0 spiro atoms. The Balaban J connectivity index is 1.88. The maximum Gasteiger partial charge on any atom is 0.240 e. The average molecular weight is 467 g/mol. The zero-order chi connectivity index (χ0) is 22.7. The Kier molecular flexibility index (Phi) is 6.58. The number of amides is 1. The molecule has 0 bridgehead atoms. The predicted molar refractivity (Wildman–Crippen MR) is 125 cm³/mol. The monoisotopic (exact) mass is 466 g/mol. The van der Waals surface area contributed by atoms with Crippen LogP contribution in [0.3, 0.4) is 0 Å². The highest BCUT2D eigenvalue weighted by Gasteiger charge is 2.28. The van der Waals surface area contributed by atoms with Crippen LogP contribution in [-0.2, 0) is 4.79 Å². The minimum atomic E-state index is -0.583. The lowest BCUT2D eigenvalue weighted by Gasteiger charge is -2.21. The van der Waals surface area contributed by atoms with Crippen molar-refractivity contribution in [3.63, 3.8) is 0 Å². The van der Waals surface area contributed by atoms with Crippen LogP contribution < -0.4 is 0 Å². The molecule has 1 aromatic heterocycles. The third-order valence-corrected chi connectivity index (χ3v) is 6.35. The number of para-hydroxylation sites is 1. The molecule has 1 amide bonds. The van der Waals surface area contributed by atoms with Crippen LogP contribution in [0.1, 0.15) is 10.8 Å². The molecule has 4 rings (SSSR count). The first-order valence-corrected chi connectivity index (χ1v) is 11.1. The molecule has 0 saturated carbocycles. The fourth-order valence-corrected chi connectivity index (χ4v) is 4.66. The summed E-state index contributed by atoms with van der Waals surface area (Å²) in [5, 5.41) is 8.94. The molecule has 32 heavy (non-hydrogen) atoms. The summed E-state index contributed by atoms with van der Waals surface area (Å²) in [5.41, 5.74) is 1.71. The van der Waals surface area contributed by atoms with E-state index in [0.717, 1.165) is 5.56 Å².